The lowest BCUT2D eigenvalue weighted by atomic mass is 9.64. The number of carbonyl (C=O) groups excluding carboxylic acids is 3. The summed E-state index contributed by atoms with van der Waals surface area (Å²) < 4.78 is 12.4. The molecule has 40 heavy (non-hydrogen) atoms. The molecule has 10 heteroatoms. The van der Waals surface area contributed by atoms with Crippen molar-refractivity contribution < 1.29 is 29.0 Å². The van der Waals surface area contributed by atoms with Crippen LogP contribution in [0.25, 0.3) is 0 Å². The molecule has 4 heterocycles. The Morgan fingerprint density at radius 3 is 2.33 bits per heavy atom. The first-order valence-electron chi connectivity index (χ1n) is 15.0. The van der Waals surface area contributed by atoms with Crippen molar-refractivity contribution in [2.24, 2.45) is 11.8 Å². The van der Waals surface area contributed by atoms with Gasteiger partial charge in [0.1, 0.15) is 11.6 Å². The average molecular weight is 561 g/mol. The SMILES string of the molecule is C=CCN(CCN1CCOCC1)C(=O)C1N([C@H](C)CO)C(=O)[C@@H]2[C@H](C(=O)N(CC=C)CCC)[C@]3(CC)CCC12O3. The fraction of sp³-hybridized carbons (Fsp3) is 0.767. The second kappa shape index (κ2) is 12.7. The molecule has 0 aromatic carbocycles. The molecular weight excluding hydrogens is 512 g/mol. The van der Waals surface area contributed by atoms with Crippen molar-refractivity contribution in [3.63, 3.8) is 0 Å². The van der Waals surface area contributed by atoms with Gasteiger partial charge in [0.2, 0.25) is 17.7 Å². The van der Waals surface area contributed by atoms with E-state index in [4.69, 9.17) is 9.47 Å². The molecule has 4 aliphatic rings. The third-order valence-corrected chi connectivity index (χ3v) is 9.46. The number of hydrogen-bond donors (Lipinski definition) is 1. The molecule has 4 aliphatic heterocycles. The molecule has 10 nitrogen and oxygen atoms in total. The highest BCUT2D eigenvalue weighted by atomic mass is 16.5. The van der Waals surface area contributed by atoms with Crippen LogP contribution in [0.2, 0.25) is 0 Å². The Balaban J connectivity index is 1.71. The van der Waals surface area contributed by atoms with Gasteiger partial charge in [0.25, 0.3) is 0 Å². The van der Waals surface area contributed by atoms with Gasteiger partial charge in [-0.25, -0.2) is 0 Å². The highest BCUT2D eigenvalue weighted by Gasteiger charge is 2.79. The Bertz CT molecular complexity index is 970. The van der Waals surface area contributed by atoms with Gasteiger partial charge in [0, 0.05) is 45.8 Å². The minimum absolute atomic E-state index is 0.108. The first-order valence-corrected chi connectivity index (χ1v) is 15.0. The molecule has 1 N–H and O–H groups in total. The van der Waals surface area contributed by atoms with Gasteiger partial charge in [-0.3, -0.25) is 19.3 Å². The van der Waals surface area contributed by atoms with Crippen LogP contribution in [0.4, 0.5) is 0 Å². The first kappa shape index (κ1) is 30.7. The number of aliphatic hydroxyl groups is 1. The zero-order valence-corrected chi connectivity index (χ0v) is 24.6. The summed E-state index contributed by atoms with van der Waals surface area (Å²) in [5, 5.41) is 10.2. The van der Waals surface area contributed by atoms with Crippen molar-refractivity contribution >= 4 is 17.7 Å². The second-order valence-corrected chi connectivity index (χ2v) is 11.7. The average Bonchev–Trinajstić information content (AvgIpc) is 3.58. The van der Waals surface area contributed by atoms with E-state index in [0.717, 1.165) is 19.5 Å². The smallest absolute Gasteiger partial charge is 0.248 e. The van der Waals surface area contributed by atoms with E-state index in [-0.39, 0.29) is 24.3 Å². The minimum Gasteiger partial charge on any atom is -0.394 e. The van der Waals surface area contributed by atoms with E-state index in [2.05, 4.69) is 18.1 Å². The molecule has 0 aliphatic carbocycles. The number of hydrogen-bond acceptors (Lipinski definition) is 7. The van der Waals surface area contributed by atoms with Gasteiger partial charge < -0.3 is 29.3 Å². The summed E-state index contributed by atoms with van der Waals surface area (Å²) in [6.45, 7) is 18.6. The predicted molar refractivity (Wildman–Crippen MR) is 151 cm³/mol. The Hall–Kier alpha value is -2.27. The number of likely N-dealkylation sites (tertiary alicyclic amines) is 1. The fourth-order valence-corrected chi connectivity index (χ4v) is 7.49. The number of rotatable bonds is 14. The molecular formula is C30H48N4O6. The van der Waals surface area contributed by atoms with Gasteiger partial charge in [-0.05, 0) is 32.6 Å². The molecule has 0 aromatic heterocycles. The molecule has 2 bridgehead atoms. The lowest BCUT2D eigenvalue weighted by Gasteiger charge is -2.39. The maximum Gasteiger partial charge on any atom is 0.248 e. The maximum absolute atomic E-state index is 14.5. The molecule has 4 rings (SSSR count). The molecule has 2 unspecified atom stereocenters. The van der Waals surface area contributed by atoms with Gasteiger partial charge in [0.05, 0.1) is 43.3 Å². The largest absolute Gasteiger partial charge is 0.394 e. The van der Waals surface area contributed by atoms with Crippen molar-refractivity contribution in [3.8, 4) is 0 Å². The van der Waals surface area contributed by atoms with E-state index in [1.807, 2.05) is 13.8 Å². The normalized spacial score (nSPS) is 32.1. The summed E-state index contributed by atoms with van der Waals surface area (Å²) in [5.41, 5.74) is -1.91. The van der Waals surface area contributed by atoms with Gasteiger partial charge in [0.15, 0.2) is 0 Å². The van der Waals surface area contributed by atoms with Crippen molar-refractivity contribution in [2.75, 3.05) is 65.6 Å². The number of amides is 3. The maximum atomic E-state index is 14.5. The van der Waals surface area contributed by atoms with Crippen LogP contribution in [0.1, 0.15) is 46.5 Å². The summed E-state index contributed by atoms with van der Waals surface area (Å²) in [5.74, 6) is -2.04. The molecule has 1 spiro atoms. The Labute approximate surface area is 238 Å². The zero-order valence-electron chi connectivity index (χ0n) is 24.6. The molecule has 4 fully saturated rings. The second-order valence-electron chi connectivity index (χ2n) is 11.7. The van der Waals surface area contributed by atoms with Gasteiger partial charge in [-0.2, -0.15) is 0 Å². The number of fused-ring (bicyclic) bond motifs is 1. The summed E-state index contributed by atoms with van der Waals surface area (Å²) in [4.78, 5) is 50.3. The topological polar surface area (TPSA) is 103 Å². The van der Waals surface area contributed by atoms with Crippen LogP contribution in [-0.2, 0) is 23.9 Å². The number of carbonyl (C=O) groups is 3. The standard InChI is InChI=1S/C30H48N4O6/c1-6-12-32(13-7-2)26(36)23-24-27(37)34(22(5)21-35)25(30(24)11-10-29(23,9-4)40-30)28(38)33(14-8-3)16-15-31-17-19-39-20-18-31/h6,8,22-25,35H,1,3,7,9-21H2,2,4-5H3/t22-,23-,24+,25?,29+,30?/m1/s1. The summed E-state index contributed by atoms with van der Waals surface area (Å²) in [6, 6.07) is -1.51. The lowest BCUT2D eigenvalue weighted by Crippen LogP contribution is -2.59. The quantitative estimate of drug-likeness (QED) is 0.320. The van der Waals surface area contributed by atoms with Crippen LogP contribution in [0.15, 0.2) is 25.3 Å². The van der Waals surface area contributed by atoms with Gasteiger partial charge in [-0.15, -0.1) is 13.2 Å². The summed E-state index contributed by atoms with van der Waals surface area (Å²) in [6.07, 6.45) is 5.90. The van der Waals surface area contributed by atoms with Crippen LogP contribution >= 0.6 is 0 Å². The molecule has 0 saturated carbocycles. The highest BCUT2D eigenvalue weighted by Crippen LogP contribution is 2.65. The molecule has 3 amide bonds. The summed E-state index contributed by atoms with van der Waals surface area (Å²) in [7, 11) is 0. The highest BCUT2D eigenvalue weighted by molar-refractivity contribution is 5.99. The van der Waals surface area contributed by atoms with E-state index < -0.39 is 35.1 Å². The van der Waals surface area contributed by atoms with Crippen LogP contribution in [0.3, 0.4) is 0 Å². The number of aliphatic hydroxyl groups excluding tert-OH is 1. The van der Waals surface area contributed by atoms with E-state index in [1.54, 1.807) is 28.9 Å². The van der Waals surface area contributed by atoms with Crippen molar-refractivity contribution in [2.45, 2.75) is 69.7 Å². The first-order chi connectivity index (χ1) is 19.2. The Kier molecular flexibility index (Phi) is 9.75. The van der Waals surface area contributed by atoms with Crippen LogP contribution < -0.4 is 0 Å². The third-order valence-electron chi connectivity index (χ3n) is 9.46. The monoisotopic (exact) mass is 560 g/mol. The van der Waals surface area contributed by atoms with Gasteiger partial charge >= 0.3 is 0 Å². The molecule has 4 saturated heterocycles. The fourth-order valence-electron chi connectivity index (χ4n) is 7.49. The number of morpholine rings is 1. The summed E-state index contributed by atoms with van der Waals surface area (Å²) >= 11 is 0. The number of nitrogens with zero attached hydrogens (tertiary/aromatic N) is 4. The zero-order chi connectivity index (χ0) is 29.1. The van der Waals surface area contributed by atoms with Crippen molar-refractivity contribution in [1.29, 1.82) is 0 Å². The molecule has 224 valence electrons. The molecule has 0 aromatic rings. The Morgan fingerprint density at radius 2 is 1.75 bits per heavy atom. The van der Waals surface area contributed by atoms with Crippen molar-refractivity contribution in [1.82, 2.24) is 19.6 Å². The van der Waals surface area contributed by atoms with Crippen LogP contribution in [0, 0.1) is 11.8 Å². The third kappa shape index (κ3) is 5.12. The molecule has 0 radical (unpaired) electrons. The molecule has 6 atom stereocenters. The van der Waals surface area contributed by atoms with E-state index in [0.29, 0.717) is 65.2 Å². The van der Waals surface area contributed by atoms with Crippen LogP contribution in [-0.4, -0.2) is 131 Å². The number of ether oxygens (including phenoxy) is 2. The van der Waals surface area contributed by atoms with E-state index in [9.17, 15) is 19.5 Å². The predicted octanol–water partition coefficient (Wildman–Crippen LogP) is 1.29. The lowest BCUT2D eigenvalue weighted by molar-refractivity contribution is -0.157. The minimum atomic E-state index is -1.11. The Morgan fingerprint density at radius 1 is 1.10 bits per heavy atom. The van der Waals surface area contributed by atoms with E-state index in [1.165, 1.54) is 4.90 Å². The van der Waals surface area contributed by atoms with Crippen LogP contribution in [0.5, 0.6) is 0 Å². The van der Waals surface area contributed by atoms with E-state index >= 15 is 0 Å². The van der Waals surface area contributed by atoms with Crippen molar-refractivity contribution in [3.05, 3.63) is 25.3 Å². The van der Waals surface area contributed by atoms with Gasteiger partial charge in [-0.1, -0.05) is 26.0 Å².